The van der Waals surface area contributed by atoms with Crippen molar-refractivity contribution in [2.24, 2.45) is 7.05 Å². The number of rotatable bonds is 2. The molecule has 0 atom stereocenters. The Hall–Kier alpha value is -1.05. The lowest BCUT2D eigenvalue weighted by Crippen LogP contribution is -1.91. The monoisotopic (exact) mass is 136 g/mol. The molecule has 0 spiro atoms. The summed E-state index contributed by atoms with van der Waals surface area (Å²) in [6.07, 6.45) is 7.07. The van der Waals surface area contributed by atoms with Crippen LogP contribution in [-0.4, -0.2) is 9.78 Å². The molecule has 0 aliphatic rings. The Balaban J connectivity index is 2.74. The quantitative estimate of drug-likeness (QED) is 0.606. The number of hydrogen-bond donors (Lipinski definition) is 0. The van der Waals surface area contributed by atoms with Crippen LogP contribution >= 0.6 is 0 Å². The van der Waals surface area contributed by atoms with Crippen molar-refractivity contribution in [3.05, 3.63) is 24.0 Å². The minimum atomic E-state index is 1.07. The molecule has 1 aromatic rings. The molecule has 1 heterocycles. The number of aromatic nitrogens is 2. The van der Waals surface area contributed by atoms with Crippen LogP contribution in [0.3, 0.4) is 0 Å². The lowest BCUT2D eigenvalue weighted by molar-refractivity contribution is 0.759. The molecule has 0 aliphatic carbocycles. The van der Waals surface area contributed by atoms with Crippen LogP contribution in [0.5, 0.6) is 0 Å². The van der Waals surface area contributed by atoms with Gasteiger partial charge in [0.15, 0.2) is 0 Å². The third-order valence-electron chi connectivity index (χ3n) is 1.38. The maximum atomic E-state index is 4.03. The summed E-state index contributed by atoms with van der Waals surface area (Å²) in [5.41, 5.74) is 1.15. The zero-order valence-electron chi connectivity index (χ0n) is 6.41. The SMILES string of the molecule is CC/C=C\c1ccnn1C. The van der Waals surface area contributed by atoms with Crippen molar-refractivity contribution in [2.45, 2.75) is 13.3 Å². The summed E-state index contributed by atoms with van der Waals surface area (Å²) in [6.45, 7) is 2.12. The molecule has 1 aromatic heterocycles. The Morgan fingerprint density at radius 2 is 2.50 bits per heavy atom. The number of nitrogens with zero attached hydrogens (tertiary/aromatic N) is 2. The number of allylic oxidation sites excluding steroid dienone is 1. The lowest BCUT2D eigenvalue weighted by atomic mass is 10.3. The first-order chi connectivity index (χ1) is 4.84. The van der Waals surface area contributed by atoms with Crippen molar-refractivity contribution in [2.75, 3.05) is 0 Å². The predicted molar refractivity (Wildman–Crippen MR) is 42.5 cm³/mol. The Morgan fingerprint density at radius 1 is 1.70 bits per heavy atom. The molecular weight excluding hydrogens is 124 g/mol. The van der Waals surface area contributed by atoms with Gasteiger partial charge in [0.1, 0.15) is 0 Å². The Labute approximate surface area is 61.2 Å². The van der Waals surface area contributed by atoms with Gasteiger partial charge in [0.2, 0.25) is 0 Å². The maximum absolute atomic E-state index is 4.03. The van der Waals surface area contributed by atoms with Crippen molar-refractivity contribution in [1.82, 2.24) is 9.78 Å². The third kappa shape index (κ3) is 1.47. The van der Waals surface area contributed by atoms with E-state index in [2.05, 4.69) is 24.2 Å². The van der Waals surface area contributed by atoms with E-state index in [0.29, 0.717) is 0 Å². The average Bonchev–Trinajstić information content (AvgIpc) is 2.31. The summed E-state index contributed by atoms with van der Waals surface area (Å²) in [6, 6.07) is 1.99. The van der Waals surface area contributed by atoms with E-state index in [4.69, 9.17) is 0 Å². The van der Waals surface area contributed by atoms with Gasteiger partial charge in [0.05, 0.1) is 5.69 Å². The highest BCUT2D eigenvalue weighted by Crippen LogP contribution is 1.99. The Morgan fingerprint density at radius 3 is 3.00 bits per heavy atom. The molecule has 0 saturated heterocycles. The van der Waals surface area contributed by atoms with Gasteiger partial charge in [-0.2, -0.15) is 5.10 Å². The van der Waals surface area contributed by atoms with Crippen LogP contribution in [0.4, 0.5) is 0 Å². The normalized spacial score (nSPS) is 11.0. The molecule has 2 heteroatoms. The van der Waals surface area contributed by atoms with Gasteiger partial charge in [0, 0.05) is 13.2 Å². The maximum Gasteiger partial charge on any atom is 0.0603 e. The molecule has 0 saturated carbocycles. The predicted octanol–water partition coefficient (Wildman–Crippen LogP) is 1.84. The van der Waals surface area contributed by atoms with Crippen LogP contribution in [0, 0.1) is 0 Å². The smallest absolute Gasteiger partial charge is 0.0603 e. The van der Waals surface area contributed by atoms with Gasteiger partial charge in [-0.1, -0.05) is 13.0 Å². The second-order valence-corrected chi connectivity index (χ2v) is 2.19. The fourth-order valence-electron chi connectivity index (χ4n) is 0.786. The molecule has 0 aliphatic heterocycles. The van der Waals surface area contributed by atoms with E-state index in [9.17, 15) is 0 Å². The van der Waals surface area contributed by atoms with E-state index in [0.717, 1.165) is 12.1 Å². The van der Waals surface area contributed by atoms with Crippen molar-refractivity contribution in [1.29, 1.82) is 0 Å². The molecular formula is C8H12N2. The molecule has 0 unspecified atom stereocenters. The Bertz CT molecular complexity index is 223. The summed E-state index contributed by atoms with van der Waals surface area (Å²) in [4.78, 5) is 0. The largest absolute Gasteiger partial charge is 0.269 e. The van der Waals surface area contributed by atoms with Gasteiger partial charge in [-0.25, -0.2) is 0 Å². The Kier molecular flexibility index (Phi) is 2.26. The second-order valence-electron chi connectivity index (χ2n) is 2.19. The van der Waals surface area contributed by atoms with Crippen molar-refractivity contribution < 1.29 is 0 Å². The summed E-state index contributed by atoms with van der Waals surface area (Å²) in [5.74, 6) is 0. The highest BCUT2D eigenvalue weighted by molar-refractivity contribution is 5.43. The zero-order chi connectivity index (χ0) is 7.40. The topological polar surface area (TPSA) is 17.8 Å². The van der Waals surface area contributed by atoms with Crippen LogP contribution < -0.4 is 0 Å². The summed E-state index contributed by atoms with van der Waals surface area (Å²) in [7, 11) is 1.94. The molecule has 0 amide bonds. The van der Waals surface area contributed by atoms with E-state index in [1.807, 2.05) is 17.8 Å². The highest BCUT2D eigenvalue weighted by Gasteiger charge is 1.88. The minimum absolute atomic E-state index is 1.07. The minimum Gasteiger partial charge on any atom is -0.269 e. The van der Waals surface area contributed by atoms with E-state index in [1.54, 1.807) is 6.20 Å². The number of aryl methyl sites for hydroxylation is 1. The van der Waals surface area contributed by atoms with E-state index in [1.165, 1.54) is 0 Å². The fraction of sp³-hybridized carbons (Fsp3) is 0.375. The van der Waals surface area contributed by atoms with Gasteiger partial charge >= 0.3 is 0 Å². The first-order valence-electron chi connectivity index (χ1n) is 3.49. The molecule has 0 aromatic carbocycles. The summed E-state index contributed by atoms with van der Waals surface area (Å²) >= 11 is 0. The molecule has 0 bridgehead atoms. The van der Waals surface area contributed by atoms with Gasteiger partial charge < -0.3 is 0 Å². The van der Waals surface area contributed by atoms with Gasteiger partial charge in [0.25, 0.3) is 0 Å². The van der Waals surface area contributed by atoms with Crippen LogP contribution in [0.1, 0.15) is 19.0 Å². The van der Waals surface area contributed by atoms with Crippen LogP contribution in [0.2, 0.25) is 0 Å². The third-order valence-corrected chi connectivity index (χ3v) is 1.38. The lowest BCUT2D eigenvalue weighted by Gasteiger charge is -1.91. The van der Waals surface area contributed by atoms with Crippen LogP contribution in [-0.2, 0) is 7.05 Å². The molecule has 0 N–H and O–H groups in total. The number of hydrogen-bond acceptors (Lipinski definition) is 1. The standard InChI is InChI=1S/C8H12N2/c1-3-4-5-8-6-7-9-10(8)2/h4-7H,3H2,1-2H3/b5-4-. The van der Waals surface area contributed by atoms with Crippen molar-refractivity contribution in [3.8, 4) is 0 Å². The summed E-state index contributed by atoms with van der Waals surface area (Å²) in [5, 5.41) is 4.03. The van der Waals surface area contributed by atoms with E-state index in [-0.39, 0.29) is 0 Å². The van der Waals surface area contributed by atoms with E-state index < -0.39 is 0 Å². The van der Waals surface area contributed by atoms with Gasteiger partial charge in [-0.15, -0.1) is 0 Å². The van der Waals surface area contributed by atoms with Crippen LogP contribution in [0.15, 0.2) is 18.3 Å². The van der Waals surface area contributed by atoms with E-state index >= 15 is 0 Å². The fourth-order valence-corrected chi connectivity index (χ4v) is 0.786. The molecule has 2 nitrogen and oxygen atoms in total. The molecule has 0 fully saturated rings. The molecule has 1 rings (SSSR count). The highest BCUT2D eigenvalue weighted by atomic mass is 15.2. The first kappa shape index (κ1) is 7.06. The molecule has 54 valence electrons. The molecule has 10 heavy (non-hydrogen) atoms. The molecule has 0 radical (unpaired) electrons. The zero-order valence-corrected chi connectivity index (χ0v) is 6.41. The van der Waals surface area contributed by atoms with Gasteiger partial charge in [-0.3, -0.25) is 4.68 Å². The van der Waals surface area contributed by atoms with Gasteiger partial charge in [-0.05, 0) is 18.6 Å². The average molecular weight is 136 g/mol. The van der Waals surface area contributed by atoms with Crippen molar-refractivity contribution in [3.63, 3.8) is 0 Å². The van der Waals surface area contributed by atoms with Crippen molar-refractivity contribution >= 4 is 6.08 Å². The van der Waals surface area contributed by atoms with Crippen LogP contribution in [0.25, 0.3) is 6.08 Å². The second kappa shape index (κ2) is 3.20. The summed E-state index contributed by atoms with van der Waals surface area (Å²) < 4.78 is 1.85. The first-order valence-corrected chi connectivity index (χ1v) is 3.49.